The van der Waals surface area contributed by atoms with E-state index >= 15 is 0 Å². The van der Waals surface area contributed by atoms with Crippen LogP contribution in [-0.2, 0) is 4.79 Å². The molecule has 7 heteroatoms. The zero-order valence-electron chi connectivity index (χ0n) is 14.2. The highest BCUT2D eigenvalue weighted by molar-refractivity contribution is 7.22. The zero-order valence-corrected chi connectivity index (χ0v) is 15.0. The third-order valence-electron chi connectivity index (χ3n) is 6.33. The highest BCUT2D eigenvalue weighted by Gasteiger charge is 2.54. The predicted octanol–water partition coefficient (Wildman–Crippen LogP) is 5.05. The van der Waals surface area contributed by atoms with Gasteiger partial charge in [-0.2, -0.15) is 8.78 Å². The number of benzene rings is 1. The minimum absolute atomic E-state index is 0.0970. The number of hydrogen-bond acceptors (Lipinski definition) is 4. The smallest absolute Gasteiger partial charge is 0.387 e. The monoisotopic (exact) mass is 378 g/mol. The number of thiazole rings is 1. The number of amides is 1. The Labute approximate surface area is 153 Å². The van der Waals surface area contributed by atoms with E-state index in [1.807, 2.05) is 0 Å². The molecule has 0 radical (unpaired) electrons. The Morgan fingerprint density at radius 3 is 2.46 bits per heavy atom. The summed E-state index contributed by atoms with van der Waals surface area (Å²) in [6.07, 6.45) is 6.88. The molecule has 4 saturated carbocycles. The topological polar surface area (TPSA) is 51.2 Å². The number of ether oxygens (including phenoxy) is 1. The lowest BCUT2D eigenvalue weighted by Crippen LogP contribution is -2.51. The Kier molecular flexibility index (Phi) is 3.71. The van der Waals surface area contributed by atoms with Crippen LogP contribution >= 0.6 is 11.3 Å². The van der Waals surface area contributed by atoms with Gasteiger partial charge in [0, 0.05) is 0 Å². The number of fused-ring (bicyclic) bond motifs is 1. The first-order valence-electron chi connectivity index (χ1n) is 9.16. The summed E-state index contributed by atoms with van der Waals surface area (Å²) in [5, 5.41) is 3.57. The van der Waals surface area contributed by atoms with Gasteiger partial charge in [0.05, 0.1) is 15.6 Å². The molecule has 1 N–H and O–H groups in total. The van der Waals surface area contributed by atoms with Crippen molar-refractivity contribution < 1.29 is 18.3 Å². The number of anilines is 1. The lowest BCUT2D eigenvalue weighted by Gasteiger charge is -2.55. The van der Waals surface area contributed by atoms with Gasteiger partial charge in [0.15, 0.2) is 5.13 Å². The third kappa shape index (κ3) is 2.76. The number of nitrogens with one attached hydrogen (secondary N) is 1. The summed E-state index contributed by atoms with van der Waals surface area (Å²) >= 11 is 1.30. The van der Waals surface area contributed by atoms with Crippen molar-refractivity contribution in [2.24, 2.45) is 23.2 Å². The Balaban J connectivity index is 1.36. The fourth-order valence-corrected chi connectivity index (χ4v) is 6.64. The molecule has 1 amide bonds. The number of carbonyl (C=O) groups excluding carboxylic acids is 1. The average Bonchev–Trinajstić information content (AvgIpc) is 2.94. The van der Waals surface area contributed by atoms with Gasteiger partial charge < -0.3 is 10.1 Å². The van der Waals surface area contributed by atoms with Crippen LogP contribution in [0.3, 0.4) is 0 Å². The molecule has 0 saturated heterocycles. The zero-order chi connectivity index (χ0) is 17.9. The Morgan fingerprint density at radius 1 is 1.19 bits per heavy atom. The van der Waals surface area contributed by atoms with E-state index in [2.05, 4.69) is 15.0 Å². The van der Waals surface area contributed by atoms with Crippen LogP contribution in [0.15, 0.2) is 18.2 Å². The number of aromatic nitrogens is 1. The van der Waals surface area contributed by atoms with E-state index in [-0.39, 0.29) is 17.1 Å². The molecule has 138 valence electrons. The summed E-state index contributed by atoms with van der Waals surface area (Å²) in [5.74, 6) is 2.32. The molecule has 26 heavy (non-hydrogen) atoms. The van der Waals surface area contributed by atoms with Gasteiger partial charge in [0.25, 0.3) is 0 Å². The van der Waals surface area contributed by atoms with E-state index in [0.29, 0.717) is 28.4 Å². The van der Waals surface area contributed by atoms with Crippen LogP contribution in [0.1, 0.15) is 38.5 Å². The first-order chi connectivity index (χ1) is 12.5. The van der Waals surface area contributed by atoms with E-state index in [4.69, 9.17) is 0 Å². The van der Waals surface area contributed by atoms with Gasteiger partial charge in [-0.1, -0.05) is 11.3 Å². The molecule has 2 aromatic rings. The summed E-state index contributed by atoms with van der Waals surface area (Å²) in [7, 11) is 0. The minimum Gasteiger partial charge on any atom is -0.435 e. The van der Waals surface area contributed by atoms with E-state index in [0.717, 1.165) is 24.0 Å². The van der Waals surface area contributed by atoms with Crippen LogP contribution in [0.5, 0.6) is 5.75 Å². The predicted molar refractivity (Wildman–Crippen MR) is 95.5 cm³/mol. The summed E-state index contributed by atoms with van der Waals surface area (Å²) in [5.41, 5.74) is 0.453. The molecular weight excluding hydrogens is 358 g/mol. The Hall–Kier alpha value is -1.76. The van der Waals surface area contributed by atoms with Crippen LogP contribution < -0.4 is 10.1 Å². The first-order valence-corrected chi connectivity index (χ1v) is 9.98. The van der Waals surface area contributed by atoms with Gasteiger partial charge in [-0.05, 0) is 74.5 Å². The van der Waals surface area contributed by atoms with Crippen molar-refractivity contribution >= 4 is 32.6 Å². The number of nitrogens with zero attached hydrogens (tertiary/aromatic N) is 1. The molecule has 0 spiro atoms. The molecule has 0 unspecified atom stereocenters. The Morgan fingerprint density at radius 2 is 1.85 bits per heavy atom. The Bertz CT molecular complexity index is 831. The maximum Gasteiger partial charge on any atom is 0.387 e. The quantitative estimate of drug-likeness (QED) is 0.810. The molecule has 1 aromatic carbocycles. The molecule has 1 heterocycles. The molecule has 4 fully saturated rings. The maximum atomic E-state index is 13.1. The van der Waals surface area contributed by atoms with Crippen LogP contribution in [0, 0.1) is 23.2 Å². The summed E-state index contributed by atoms with van der Waals surface area (Å²) in [6.45, 7) is -2.85. The minimum atomic E-state index is -2.85. The molecule has 4 nitrogen and oxygen atoms in total. The van der Waals surface area contributed by atoms with Crippen molar-refractivity contribution in [1.82, 2.24) is 4.98 Å². The van der Waals surface area contributed by atoms with E-state index < -0.39 is 6.61 Å². The number of alkyl halides is 2. The standard InChI is InChI=1S/C19H20F2N2O2S/c20-17(21)25-13-1-2-14-15(6-13)26-18(22-14)23-16(24)19-7-10-3-11(8-19)5-12(4-10)9-19/h1-2,6,10-12,17H,3-5,7-9H2,(H,22,23,24). The fourth-order valence-electron chi connectivity index (χ4n) is 5.75. The number of halogens is 2. The van der Waals surface area contributed by atoms with Crippen LogP contribution in [0.2, 0.25) is 0 Å². The lowest BCUT2D eigenvalue weighted by molar-refractivity contribution is -0.140. The lowest BCUT2D eigenvalue weighted by atomic mass is 9.49. The van der Waals surface area contributed by atoms with Crippen molar-refractivity contribution in [3.05, 3.63) is 18.2 Å². The first kappa shape index (κ1) is 16.4. The molecule has 0 aliphatic heterocycles. The van der Waals surface area contributed by atoms with E-state index in [1.54, 1.807) is 12.1 Å². The van der Waals surface area contributed by atoms with Gasteiger partial charge in [0.1, 0.15) is 5.75 Å². The highest BCUT2D eigenvalue weighted by Crippen LogP contribution is 2.60. The molecule has 4 bridgehead atoms. The summed E-state index contributed by atoms with van der Waals surface area (Å²) in [4.78, 5) is 17.5. The second kappa shape index (κ2) is 5.87. The third-order valence-corrected chi connectivity index (χ3v) is 7.26. The van der Waals surface area contributed by atoms with E-state index in [9.17, 15) is 13.6 Å². The fraction of sp³-hybridized carbons (Fsp3) is 0.579. The van der Waals surface area contributed by atoms with Gasteiger partial charge in [0.2, 0.25) is 5.91 Å². The van der Waals surface area contributed by atoms with Crippen LogP contribution in [0.4, 0.5) is 13.9 Å². The molecule has 4 aliphatic carbocycles. The number of hydrogen-bond donors (Lipinski definition) is 1. The van der Waals surface area contributed by atoms with Gasteiger partial charge >= 0.3 is 6.61 Å². The van der Waals surface area contributed by atoms with Crippen molar-refractivity contribution in [1.29, 1.82) is 0 Å². The molecule has 6 rings (SSSR count). The second-order valence-corrected chi connectivity index (χ2v) is 9.21. The normalized spacial score (nSPS) is 32.3. The second-order valence-electron chi connectivity index (χ2n) is 8.18. The van der Waals surface area contributed by atoms with Crippen molar-refractivity contribution in [3.8, 4) is 5.75 Å². The summed E-state index contributed by atoms with van der Waals surface area (Å²) < 4.78 is 29.9. The van der Waals surface area contributed by atoms with E-state index in [1.165, 1.54) is 36.7 Å². The molecule has 0 atom stereocenters. The van der Waals surface area contributed by atoms with Crippen molar-refractivity contribution in [2.45, 2.75) is 45.1 Å². The van der Waals surface area contributed by atoms with Crippen molar-refractivity contribution in [3.63, 3.8) is 0 Å². The van der Waals surface area contributed by atoms with Gasteiger partial charge in [-0.3, -0.25) is 4.79 Å². The number of rotatable bonds is 4. The number of carbonyl (C=O) groups is 1. The van der Waals surface area contributed by atoms with Crippen LogP contribution in [-0.4, -0.2) is 17.5 Å². The summed E-state index contributed by atoms with van der Waals surface area (Å²) in [6, 6.07) is 4.66. The van der Waals surface area contributed by atoms with Crippen LogP contribution in [0.25, 0.3) is 10.2 Å². The van der Waals surface area contributed by atoms with Crippen molar-refractivity contribution in [2.75, 3.05) is 5.32 Å². The highest BCUT2D eigenvalue weighted by atomic mass is 32.1. The largest absolute Gasteiger partial charge is 0.435 e. The molecular formula is C19H20F2N2O2S. The average molecular weight is 378 g/mol. The SMILES string of the molecule is O=C(Nc1nc2ccc(OC(F)F)cc2s1)C12CC3CC(CC(C3)C1)C2. The molecule has 4 aliphatic rings. The maximum absolute atomic E-state index is 13.1. The molecule has 1 aromatic heterocycles. The van der Waals surface area contributed by atoms with Gasteiger partial charge in [-0.25, -0.2) is 4.98 Å². The van der Waals surface area contributed by atoms with Gasteiger partial charge in [-0.15, -0.1) is 0 Å².